The maximum atomic E-state index is 13.0. The molecule has 1 amide bonds. The zero-order valence-corrected chi connectivity index (χ0v) is 22.8. The molecule has 1 saturated heterocycles. The van der Waals surface area contributed by atoms with Crippen LogP contribution < -0.4 is 14.8 Å². The SMILES string of the molecule is COC(=O)c1cc(C2CCN(CCNC(=O)c3cc(OCc4ccccc4)c(OCc4ccccc4)cn3)C2)no1. The topological polar surface area (TPSA) is 116 Å². The summed E-state index contributed by atoms with van der Waals surface area (Å²) in [6, 6.07) is 22.9. The summed E-state index contributed by atoms with van der Waals surface area (Å²) in [5, 5.41) is 6.98. The Labute approximate surface area is 238 Å². The van der Waals surface area contributed by atoms with E-state index in [2.05, 4.69) is 25.1 Å². The maximum absolute atomic E-state index is 13.0. The Morgan fingerprint density at radius 1 is 0.976 bits per heavy atom. The molecule has 212 valence electrons. The average Bonchev–Trinajstić information content (AvgIpc) is 3.70. The van der Waals surface area contributed by atoms with Gasteiger partial charge < -0.3 is 29.0 Å². The quantitative estimate of drug-likeness (QED) is 0.256. The first-order valence-corrected chi connectivity index (χ1v) is 13.5. The number of carbonyl (C=O) groups excluding carboxylic acids is 2. The predicted molar refractivity (Wildman–Crippen MR) is 150 cm³/mol. The van der Waals surface area contributed by atoms with Gasteiger partial charge in [0.2, 0.25) is 5.76 Å². The second-order valence-corrected chi connectivity index (χ2v) is 9.71. The van der Waals surface area contributed by atoms with Crippen LogP contribution in [0.25, 0.3) is 0 Å². The molecule has 10 nitrogen and oxygen atoms in total. The molecule has 3 heterocycles. The fourth-order valence-electron chi connectivity index (χ4n) is 4.61. The fourth-order valence-corrected chi connectivity index (χ4v) is 4.61. The Bertz CT molecular complexity index is 1440. The van der Waals surface area contributed by atoms with Crippen molar-refractivity contribution >= 4 is 11.9 Å². The minimum atomic E-state index is -0.542. The van der Waals surface area contributed by atoms with Gasteiger partial charge in [-0.2, -0.15) is 0 Å². The Kier molecular flexibility index (Phi) is 9.23. The van der Waals surface area contributed by atoms with E-state index < -0.39 is 5.97 Å². The van der Waals surface area contributed by atoms with Crippen LogP contribution in [0.2, 0.25) is 0 Å². The summed E-state index contributed by atoms with van der Waals surface area (Å²) in [5.74, 6) is 0.337. The molecule has 5 rings (SSSR count). The number of nitrogens with zero attached hydrogens (tertiary/aromatic N) is 3. The zero-order chi connectivity index (χ0) is 28.4. The van der Waals surface area contributed by atoms with Crippen molar-refractivity contribution in [2.75, 3.05) is 33.3 Å². The molecule has 4 aromatic rings. The number of pyridine rings is 1. The Hall–Kier alpha value is -4.70. The summed E-state index contributed by atoms with van der Waals surface area (Å²) in [6.07, 6.45) is 2.42. The van der Waals surface area contributed by atoms with Gasteiger partial charge in [-0.15, -0.1) is 0 Å². The van der Waals surface area contributed by atoms with Gasteiger partial charge in [-0.25, -0.2) is 9.78 Å². The van der Waals surface area contributed by atoms with E-state index in [0.29, 0.717) is 37.8 Å². The van der Waals surface area contributed by atoms with Crippen molar-refractivity contribution in [1.29, 1.82) is 0 Å². The minimum Gasteiger partial charge on any atom is -0.485 e. The van der Waals surface area contributed by atoms with Gasteiger partial charge in [-0.1, -0.05) is 65.8 Å². The highest BCUT2D eigenvalue weighted by Crippen LogP contribution is 2.29. The van der Waals surface area contributed by atoms with E-state index in [9.17, 15) is 9.59 Å². The van der Waals surface area contributed by atoms with Crippen LogP contribution in [0.5, 0.6) is 11.5 Å². The first-order chi connectivity index (χ1) is 20.1. The summed E-state index contributed by atoms with van der Waals surface area (Å²) in [5.41, 5.74) is 3.00. The van der Waals surface area contributed by atoms with Gasteiger partial charge in [0.05, 0.1) is 19.0 Å². The number of hydrogen-bond donors (Lipinski definition) is 1. The lowest BCUT2D eigenvalue weighted by atomic mass is 10.1. The van der Waals surface area contributed by atoms with E-state index >= 15 is 0 Å². The van der Waals surface area contributed by atoms with E-state index in [1.54, 1.807) is 12.1 Å². The lowest BCUT2D eigenvalue weighted by molar-refractivity contribution is 0.0554. The number of hydrogen-bond acceptors (Lipinski definition) is 9. The van der Waals surface area contributed by atoms with Gasteiger partial charge in [0.25, 0.3) is 5.91 Å². The highest BCUT2D eigenvalue weighted by molar-refractivity contribution is 5.92. The smallest absolute Gasteiger partial charge is 0.376 e. The lowest BCUT2D eigenvalue weighted by Crippen LogP contribution is -2.34. The molecule has 0 bridgehead atoms. The molecule has 0 aliphatic carbocycles. The first-order valence-electron chi connectivity index (χ1n) is 13.5. The molecule has 41 heavy (non-hydrogen) atoms. The van der Waals surface area contributed by atoms with Crippen molar-refractivity contribution in [3.8, 4) is 11.5 Å². The van der Waals surface area contributed by atoms with Gasteiger partial charge in [0.1, 0.15) is 18.9 Å². The monoisotopic (exact) mass is 556 g/mol. The number of amides is 1. The van der Waals surface area contributed by atoms with Gasteiger partial charge in [-0.3, -0.25) is 4.79 Å². The van der Waals surface area contributed by atoms with Crippen LogP contribution in [-0.2, 0) is 18.0 Å². The van der Waals surface area contributed by atoms with Crippen LogP contribution in [0.4, 0.5) is 0 Å². The zero-order valence-electron chi connectivity index (χ0n) is 22.8. The first kappa shape index (κ1) is 27.9. The third-order valence-corrected chi connectivity index (χ3v) is 6.86. The third kappa shape index (κ3) is 7.49. The summed E-state index contributed by atoms with van der Waals surface area (Å²) in [4.78, 5) is 31.2. The molecule has 2 aromatic heterocycles. The average molecular weight is 557 g/mol. The van der Waals surface area contributed by atoms with Crippen LogP contribution >= 0.6 is 0 Å². The maximum Gasteiger partial charge on any atom is 0.376 e. The number of esters is 1. The van der Waals surface area contributed by atoms with Crippen molar-refractivity contribution in [3.05, 3.63) is 107 Å². The van der Waals surface area contributed by atoms with E-state index in [0.717, 1.165) is 36.3 Å². The van der Waals surface area contributed by atoms with Crippen LogP contribution in [-0.4, -0.2) is 60.2 Å². The van der Waals surface area contributed by atoms with Crippen LogP contribution in [0, 0.1) is 0 Å². The van der Waals surface area contributed by atoms with Gasteiger partial charge in [0.15, 0.2) is 11.5 Å². The van der Waals surface area contributed by atoms with E-state index in [1.165, 1.54) is 13.3 Å². The molecule has 1 aliphatic heterocycles. The van der Waals surface area contributed by atoms with Crippen LogP contribution in [0.3, 0.4) is 0 Å². The van der Waals surface area contributed by atoms with E-state index in [1.807, 2.05) is 60.7 Å². The number of nitrogens with one attached hydrogen (secondary N) is 1. The van der Waals surface area contributed by atoms with Crippen molar-refractivity contribution in [2.24, 2.45) is 0 Å². The van der Waals surface area contributed by atoms with Crippen molar-refractivity contribution in [2.45, 2.75) is 25.6 Å². The standard InChI is InChI=1S/C31H32N4O6/c1-38-31(37)28-16-25(34-41-28)24-12-14-35(19-24)15-13-32-30(36)26-17-27(39-20-22-8-4-2-5-9-22)29(18-33-26)40-21-23-10-6-3-7-11-23/h2-11,16-18,24H,12-15,19-21H2,1H3,(H,32,36). The molecular formula is C31H32N4O6. The Morgan fingerprint density at radius 2 is 1.66 bits per heavy atom. The molecule has 10 heteroatoms. The van der Waals surface area contributed by atoms with E-state index in [-0.39, 0.29) is 23.3 Å². The third-order valence-electron chi connectivity index (χ3n) is 6.86. The molecule has 0 radical (unpaired) electrons. The van der Waals surface area contributed by atoms with Crippen LogP contribution in [0.1, 0.15) is 50.2 Å². The number of methoxy groups -OCH3 is 1. The van der Waals surface area contributed by atoms with Gasteiger partial charge in [-0.05, 0) is 24.1 Å². The van der Waals surface area contributed by atoms with Crippen molar-refractivity contribution in [3.63, 3.8) is 0 Å². The highest BCUT2D eigenvalue weighted by Gasteiger charge is 2.27. The summed E-state index contributed by atoms with van der Waals surface area (Å²) >= 11 is 0. The largest absolute Gasteiger partial charge is 0.485 e. The molecule has 0 spiro atoms. The molecule has 1 fully saturated rings. The molecule has 1 aliphatic rings. The molecule has 1 atom stereocenters. The molecule has 1 unspecified atom stereocenters. The number of carbonyl (C=O) groups is 2. The number of ether oxygens (including phenoxy) is 3. The van der Waals surface area contributed by atoms with Crippen molar-refractivity contribution < 1.29 is 28.3 Å². The van der Waals surface area contributed by atoms with Crippen LogP contribution in [0.15, 0.2) is 83.5 Å². The number of benzene rings is 2. The summed E-state index contributed by atoms with van der Waals surface area (Å²) < 4.78 is 21.8. The van der Waals surface area contributed by atoms with Gasteiger partial charge >= 0.3 is 5.97 Å². The molecular weight excluding hydrogens is 524 g/mol. The van der Waals surface area contributed by atoms with E-state index in [4.69, 9.17) is 14.0 Å². The van der Waals surface area contributed by atoms with Gasteiger partial charge in [0, 0.05) is 37.7 Å². The second-order valence-electron chi connectivity index (χ2n) is 9.71. The molecule has 0 saturated carbocycles. The highest BCUT2D eigenvalue weighted by atomic mass is 16.5. The normalized spacial score (nSPS) is 14.9. The number of likely N-dealkylation sites (tertiary alicyclic amines) is 1. The predicted octanol–water partition coefficient (Wildman–Crippen LogP) is 4.23. The lowest BCUT2D eigenvalue weighted by Gasteiger charge is -2.16. The number of aromatic nitrogens is 2. The molecule has 2 aromatic carbocycles. The summed E-state index contributed by atoms with van der Waals surface area (Å²) in [6.45, 7) is 3.41. The Balaban J connectivity index is 1.16. The molecule has 1 N–H and O–H groups in total. The summed E-state index contributed by atoms with van der Waals surface area (Å²) in [7, 11) is 1.30. The number of rotatable bonds is 12. The second kappa shape index (κ2) is 13.6. The minimum absolute atomic E-state index is 0.101. The van der Waals surface area contributed by atoms with Crippen molar-refractivity contribution in [1.82, 2.24) is 20.4 Å². The fraction of sp³-hybridized carbons (Fsp3) is 0.290. The Morgan fingerprint density at radius 3 is 2.34 bits per heavy atom.